The summed E-state index contributed by atoms with van der Waals surface area (Å²) in [5, 5.41) is 0. The van der Waals surface area contributed by atoms with Crippen molar-refractivity contribution in [1.82, 2.24) is 0 Å². The minimum atomic E-state index is -0.149. The van der Waals surface area contributed by atoms with Crippen LogP contribution in [-0.4, -0.2) is 38.4 Å². The van der Waals surface area contributed by atoms with E-state index in [2.05, 4.69) is 65.9 Å². The van der Waals surface area contributed by atoms with Crippen LogP contribution < -0.4 is 0 Å². The molecule has 8 heteroatoms. The number of carbonyl (C=O) groups is 2. The Hall–Kier alpha value is -1.16. The first-order valence-corrected chi connectivity index (χ1v) is 21.2. The Labute approximate surface area is 317 Å². The summed E-state index contributed by atoms with van der Waals surface area (Å²) >= 11 is 0. The van der Waals surface area contributed by atoms with Crippen LogP contribution in [0, 0.1) is 23.7 Å². The van der Waals surface area contributed by atoms with E-state index < -0.39 is 0 Å². The zero-order chi connectivity index (χ0) is 37.2. The van der Waals surface area contributed by atoms with Crippen LogP contribution in [0.4, 0.5) is 0 Å². The van der Waals surface area contributed by atoms with Gasteiger partial charge in [-0.3, -0.25) is 9.59 Å². The van der Waals surface area contributed by atoms with Gasteiger partial charge in [0.2, 0.25) is 0 Å². The van der Waals surface area contributed by atoms with Gasteiger partial charge in [-0.2, -0.15) is 0 Å². The van der Waals surface area contributed by atoms with Gasteiger partial charge in [0.05, 0.1) is 20.3 Å². The zero-order valence-electron chi connectivity index (χ0n) is 33.0. The third kappa shape index (κ3) is 41.3. The highest BCUT2D eigenvalue weighted by Gasteiger charge is 2.06. The van der Waals surface area contributed by atoms with E-state index in [1.165, 1.54) is 143 Å². The molecule has 0 saturated heterocycles. The lowest BCUT2D eigenvalue weighted by atomic mass is 10.0. The van der Waals surface area contributed by atoms with Crippen LogP contribution >= 0.6 is 18.9 Å². The van der Waals surface area contributed by atoms with Gasteiger partial charge in [-0.05, 0) is 44.9 Å². The van der Waals surface area contributed by atoms with Crippen molar-refractivity contribution in [2.45, 2.75) is 219 Å². The average Bonchev–Trinajstić information content (AvgIpc) is 3.14. The minimum absolute atomic E-state index is 0. The Morgan fingerprint density at radius 2 is 0.900 bits per heavy atom. The normalized spacial score (nSPS) is 11.6. The third-order valence-corrected chi connectivity index (χ3v) is 9.56. The van der Waals surface area contributed by atoms with Gasteiger partial charge in [0.1, 0.15) is 6.10 Å². The van der Waals surface area contributed by atoms with Crippen molar-refractivity contribution in [3.05, 3.63) is 0 Å². The van der Waals surface area contributed by atoms with Crippen molar-refractivity contribution in [2.24, 2.45) is 0 Å². The molecule has 0 aliphatic rings. The van der Waals surface area contributed by atoms with E-state index >= 15 is 0 Å². The molecule has 4 atom stereocenters. The van der Waals surface area contributed by atoms with E-state index in [4.69, 9.17) is 9.05 Å². The molecule has 0 fully saturated rings. The van der Waals surface area contributed by atoms with Crippen molar-refractivity contribution >= 4 is 30.9 Å². The number of hydrogen-bond donors (Lipinski definition) is 0. The van der Waals surface area contributed by atoms with Gasteiger partial charge in [0.15, 0.2) is 0 Å². The van der Waals surface area contributed by atoms with Crippen LogP contribution in [0.25, 0.3) is 0 Å². The first-order valence-electron chi connectivity index (χ1n) is 20.3. The Kier molecular flexibility index (Phi) is 44.8. The number of methoxy groups -OCH3 is 2. The average molecular weight is 749 g/mol. The van der Waals surface area contributed by atoms with Gasteiger partial charge < -0.3 is 18.5 Å². The first kappa shape index (κ1) is 50.9. The van der Waals surface area contributed by atoms with Gasteiger partial charge in [0.25, 0.3) is 0 Å². The predicted molar refractivity (Wildman–Crippen MR) is 223 cm³/mol. The number of carbonyl (C=O) groups excluding carboxylic acids is 2. The van der Waals surface area contributed by atoms with E-state index in [0.29, 0.717) is 18.9 Å². The molecule has 0 heterocycles. The highest BCUT2D eigenvalue weighted by atomic mass is 31.0. The van der Waals surface area contributed by atoms with Gasteiger partial charge in [-0.25, -0.2) is 0 Å². The molecular formula is C42H82O6P2. The monoisotopic (exact) mass is 749 g/mol. The molecule has 0 aliphatic heterocycles. The second-order valence-corrected chi connectivity index (χ2v) is 13.9. The summed E-state index contributed by atoms with van der Waals surface area (Å²) in [6.45, 7) is 4.43. The number of rotatable bonds is 32. The van der Waals surface area contributed by atoms with Crippen LogP contribution in [0.5, 0.6) is 0 Å². The summed E-state index contributed by atoms with van der Waals surface area (Å²) in [7, 11) is 7.66. The van der Waals surface area contributed by atoms with E-state index in [1.54, 1.807) is 0 Å². The lowest BCUT2D eigenvalue weighted by Gasteiger charge is -2.14. The number of esters is 2. The second kappa shape index (κ2) is 44.0. The Balaban J connectivity index is -0.000000427. The molecule has 0 rings (SSSR count). The third-order valence-electron chi connectivity index (χ3n) is 8.84. The molecule has 4 unspecified atom stereocenters. The van der Waals surface area contributed by atoms with Gasteiger partial charge >= 0.3 is 11.9 Å². The van der Waals surface area contributed by atoms with Crippen molar-refractivity contribution in [2.75, 3.05) is 14.2 Å². The van der Waals surface area contributed by atoms with Crippen LogP contribution in [-0.2, 0) is 28.1 Å². The van der Waals surface area contributed by atoms with E-state index in [1.807, 2.05) is 0 Å². The van der Waals surface area contributed by atoms with E-state index in [0.717, 1.165) is 51.4 Å². The zero-order valence-corrected chi connectivity index (χ0v) is 35.3. The highest BCUT2D eigenvalue weighted by Crippen LogP contribution is 2.18. The van der Waals surface area contributed by atoms with Crippen molar-refractivity contribution in [1.29, 1.82) is 0 Å². The highest BCUT2D eigenvalue weighted by molar-refractivity contribution is 7.10. The topological polar surface area (TPSA) is 71.1 Å². The molecule has 0 bridgehead atoms. The van der Waals surface area contributed by atoms with E-state index in [-0.39, 0.29) is 20.9 Å². The summed E-state index contributed by atoms with van der Waals surface area (Å²) in [6.07, 6.45) is 35.2. The van der Waals surface area contributed by atoms with Crippen molar-refractivity contribution in [3.8, 4) is 23.7 Å². The fraction of sp³-hybridized carbons (Fsp3) is 0.857. The van der Waals surface area contributed by atoms with Gasteiger partial charge in [0, 0.05) is 53.9 Å². The maximum absolute atomic E-state index is 11.0. The number of unbranched alkanes of at least 4 members (excludes halogenated alkanes) is 20. The summed E-state index contributed by atoms with van der Waals surface area (Å²) in [4.78, 5) is 21.9. The minimum Gasteiger partial charge on any atom is -0.469 e. The molecule has 0 spiro atoms. The SMILES string of the molecule is CCCCC(C#CCCCCCCCC#CCCCC(=O)OC)OP.CCCCC(CCCCCCCCCCCCCCC(=O)OC)OP.[3HH].[3HH]. The lowest BCUT2D eigenvalue weighted by Crippen LogP contribution is -2.07. The molecule has 0 radical (unpaired) electrons. The Morgan fingerprint density at radius 3 is 1.38 bits per heavy atom. The maximum atomic E-state index is 11.0. The molecule has 0 aromatic heterocycles. The molecule has 0 aliphatic carbocycles. The molecule has 0 aromatic rings. The summed E-state index contributed by atoms with van der Waals surface area (Å²) in [5.41, 5.74) is 0. The lowest BCUT2D eigenvalue weighted by molar-refractivity contribution is -0.141. The smallest absolute Gasteiger partial charge is 0.305 e. The van der Waals surface area contributed by atoms with Gasteiger partial charge in [-0.1, -0.05) is 135 Å². The van der Waals surface area contributed by atoms with E-state index in [9.17, 15) is 9.59 Å². The van der Waals surface area contributed by atoms with Crippen LogP contribution in [0.15, 0.2) is 0 Å². The standard InChI is InChI=1S/C21H43O3P.C21H35O3P.2H2/c2*1-3-4-17-20(24-25)18-15-13-11-9-7-5-6-8-10-12-14-16-19-21(22)23-2;;/h20H,3-19,25H2,1-2H3;20H,3-9,11,13-14,16-17,19,25H2,1-2H3;2*1H/i;;2*1+2. The molecule has 0 amide bonds. The molecule has 0 saturated carbocycles. The fourth-order valence-corrected chi connectivity index (χ4v) is 6.01. The van der Waals surface area contributed by atoms with Crippen LogP contribution in [0.1, 0.15) is 209 Å². The quantitative estimate of drug-likeness (QED) is 0.0295. The molecule has 50 heavy (non-hydrogen) atoms. The Bertz CT molecular complexity index is 872. The summed E-state index contributed by atoms with van der Waals surface area (Å²) in [6, 6.07) is 0. The maximum Gasteiger partial charge on any atom is 0.305 e. The first-order chi connectivity index (χ1) is 24.5. The molecule has 296 valence electrons. The largest absolute Gasteiger partial charge is 0.469 e. The summed E-state index contributed by atoms with van der Waals surface area (Å²) in [5.74, 6) is 12.5. The van der Waals surface area contributed by atoms with Crippen molar-refractivity contribution in [3.63, 3.8) is 0 Å². The number of hydrogen-bond acceptors (Lipinski definition) is 6. The molecule has 6 nitrogen and oxygen atoms in total. The molecule has 0 N–H and O–H groups in total. The molecular weight excluding hydrogens is 662 g/mol. The Morgan fingerprint density at radius 1 is 0.500 bits per heavy atom. The van der Waals surface area contributed by atoms with Crippen LogP contribution in [0.3, 0.4) is 0 Å². The second-order valence-electron chi connectivity index (χ2n) is 13.4. The van der Waals surface area contributed by atoms with Crippen molar-refractivity contribution < 1.29 is 31.0 Å². The predicted octanol–water partition coefficient (Wildman–Crippen LogP) is 12.9. The fourth-order valence-electron chi connectivity index (χ4n) is 5.53. The molecule has 0 aromatic carbocycles. The van der Waals surface area contributed by atoms with Gasteiger partial charge in [-0.15, -0.1) is 17.8 Å². The summed E-state index contributed by atoms with van der Waals surface area (Å²) < 4.78 is 20.0. The number of ether oxygens (including phenoxy) is 2. The van der Waals surface area contributed by atoms with Crippen LogP contribution in [0.2, 0.25) is 0 Å².